The van der Waals surface area contributed by atoms with E-state index in [0.717, 1.165) is 47.7 Å². The highest BCUT2D eigenvalue weighted by Crippen LogP contribution is 2.12. The lowest BCUT2D eigenvalue weighted by atomic mass is 10.3. The normalized spacial score (nSPS) is 9.05. The molecular formula is C30H38N6O2. The molecule has 2 N–H and O–H groups in total. The number of fused-ring (bicyclic) bond motifs is 2. The van der Waals surface area contributed by atoms with Crippen LogP contribution in [0.3, 0.4) is 0 Å². The number of hydrogen-bond acceptors (Lipinski definition) is 6. The van der Waals surface area contributed by atoms with Crippen molar-refractivity contribution in [2.75, 3.05) is 14.2 Å². The molecule has 0 unspecified atom stereocenters. The summed E-state index contributed by atoms with van der Waals surface area (Å²) < 4.78 is 0. The van der Waals surface area contributed by atoms with Gasteiger partial charge in [0.15, 0.2) is 0 Å². The Kier molecular flexibility index (Phi) is 15.7. The van der Waals surface area contributed by atoms with E-state index in [1.165, 1.54) is 0 Å². The second kappa shape index (κ2) is 18.8. The maximum atomic E-state index is 7.00. The maximum absolute atomic E-state index is 7.00. The van der Waals surface area contributed by atoms with Gasteiger partial charge in [0.05, 0.1) is 11.4 Å². The lowest BCUT2D eigenvalue weighted by Gasteiger charge is -1.96. The lowest BCUT2D eigenvalue weighted by Crippen LogP contribution is -1.97. The van der Waals surface area contributed by atoms with Gasteiger partial charge in [-0.2, -0.15) is 9.59 Å². The standard InChI is InChI=1S/2C12H9N3.2C2H6.2CH4O/c2*1-2-6-10(7-3-1)15-13-11-8-4-5-9-12(11)14-15;4*1-2/h2*1-9H;2*1-2H3;2*2H,1H3. The van der Waals surface area contributed by atoms with Gasteiger partial charge in [-0.1, -0.05) is 88.4 Å². The molecule has 0 atom stereocenters. The van der Waals surface area contributed by atoms with E-state index in [2.05, 4.69) is 20.4 Å². The van der Waals surface area contributed by atoms with Crippen LogP contribution in [0.15, 0.2) is 109 Å². The molecule has 2 aromatic heterocycles. The van der Waals surface area contributed by atoms with Crippen molar-refractivity contribution < 1.29 is 10.2 Å². The fourth-order valence-electron chi connectivity index (χ4n) is 3.07. The summed E-state index contributed by atoms with van der Waals surface area (Å²) in [5.74, 6) is 0. The number of rotatable bonds is 2. The predicted molar refractivity (Wildman–Crippen MR) is 157 cm³/mol. The summed E-state index contributed by atoms with van der Waals surface area (Å²) in [5.41, 5.74) is 5.63. The predicted octanol–water partition coefficient (Wildman–Crippen LogP) is 6.11. The summed E-state index contributed by atoms with van der Waals surface area (Å²) in [6.45, 7) is 8.00. The van der Waals surface area contributed by atoms with Crippen LogP contribution in [-0.2, 0) is 0 Å². The summed E-state index contributed by atoms with van der Waals surface area (Å²) in [7, 11) is 2.00. The molecule has 0 spiro atoms. The molecule has 0 saturated carbocycles. The molecule has 6 aromatic rings. The van der Waals surface area contributed by atoms with Crippen molar-refractivity contribution in [2.24, 2.45) is 0 Å². The van der Waals surface area contributed by atoms with Crippen LogP contribution in [0.5, 0.6) is 0 Å². The van der Waals surface area contributed by atoms with Crippen LogP contribution in [0, 0.1) is 0 Å². The molecule has 8 heteroatoms. The van der Waals surface area contributed by atoms with Gasteiger partial charge < -0.3 is 10.2 Å². The number of benzene rings is 4. The zero-order valence-corrected chi connectivity index (χ0v) is 23.0. The van der Waals surface area contributed by atoms with Gasteiger partial charge in [-0.15, -0.1) is 20.4 Å². The number of aliphatic hydroxyl groups is 2. The van der Waals surface area contributed by atoms with Crippen molar-refractivity contribution >= 4 is 22.1 Å². The summed E-state index contributed by atoms with van der Waals surface area (Å²) in [6.07, 6.45) is 0. The Hall–Kier alpha value is -4.40. The van der Waals surface area contributed by atoms with Crippen LogP contribution in [0.4, 0.5) is 0 Å². The molecule has 6 rings (SSSR count). The fourth-order valence-corrected chi connectivity index (χ4v) is 3.07. The zero-order chi connectivity index (χ0) is 28.2. The minimum Gasteiger partial charge on any atom is -0.400 e. The highest BCUT2D eigenvalue weighted by molar-refractivity contribution is 5.74. The number of aromatic nitrogens is 6. The van der Waals surface area contributed by atoms with Crippen molar-refractivity contribution in [3.05, 3.63) is 109 Å². The average molecular weight is 515 g/mol. The number of para-hydroxylation sites is 2. The van der Waals surface area contributed by atoms with Gasteiger partial charge in [-0.25, -0.2) is 0 Å². The third-order valence-corrected chi connectivity index (χ3v) is 4.55. The van der Waals surface area contributed by atoms with E-state index in [-0.39, 0.29) is 0 Å². The number of aliphatic hydroxyl groups excluding tert-OH is 2. The third-order valence-electron chi connectivity index (χ3n) is 4.55. The van der Waals surface area contributed by atoms with E-state index in [1.54, 1.807) is 9.59 Å². The summed E-state index contributed by atoms with van der Waals surface area (Å²) in [5, 5.41) is 31.6. The largest absolute Gasteiger partial charge is 0.400 e. The monoisotopic (exact) mass is 514 g/mol. The van der Waals surface area contributed by atoms with Gasteiger partial charge in [0.1, 0.15) is 22.1 Å². The molecule has 8 nitrogen and oxygen atoms in total. The van der Waals surface area contributed by atoms with E-state index < -0.39 is 0 Å². The Morgan fingerprint density at radius 1 is 0.368 bits per heavy atom. The van der Waals surface area contributed by atoms with Crippen molar-refractivity contribution in [3.63, 3.8) is 0 Å². The van der Waals surface area contributed by atoms with Crippen LogP contribution >= 0.6 is 0 Å². The van der Waals surface area contributed by atoms with Crippen molar-refractivity contribution in [1.29, 1.82) is 0 Å². The molecule has 0 aliphatic rings. The fraction of sp³-hybridized carbons (Fsp3) is 0.200. The minimum absolute atomic E-state index is 0.918. The lowest BCUT2D eigenvalue weighted by molar-refractivity contribution is 0.399. The molecule has 0 amide bonds. The smallest absolute Gasteiger partial charge is 0.113 e. The Morgan fingerprint density at radius 2 is 0.579 bits per heavy atom. The molecule has 38 heavy (non-hydrogen) atoms. The molecule has 2 heterocycles. The first-order chi connectivity index (χ1) is 18.9. The van der Waals surface area contributed by atoms with E-state index >= 15 is 0 Å². The summed E-state index contributed by atoms with van der Waals surface area (Å²) in [6, 6.07) is 35.5. The first kappa shape index (κ1) is 31.6. The van der Waals surface area contributed by atoms with Gasteiger partial charge in [-0.3, -0.25) is 0 Å². The van der Waals surface area contributed by atoms with Gasteiger partial charge >= 0.3 is 0 Å². The third kappa shape index (κ3) is 8.92. The first-order valence-corrected chi connectivity index (χ1v) is 12.5. The first-order valence-electron chi connectivity index (χ1n) is 12.5. The van der Waals surface area contributed by atoms with Crippen molar-refractivity contribution in [2.45, 2.75) is 27.7 Å². The number of hydrogen-bond donors (Lipinski definition) is 2. The molecule has 0 bridgehead atoms. The topological polar surface area (TPSA) is 102 Å². The molecule has 4 aromatic carbocycles. The van der Waals surface area contributed by atoms with Crippen LogP contribution in [0.2, 0.25) is 0 Å². The average Bonchev–Trinajstić information content (AvgIpc) is 3.67. The molecule has 0 radical (unpaired) electrons. The Balaban J connectivity index is 0.000000302. The number of nitrogens with zero attached hydrogens (tertiary/aromatic N) is 6. The molecule has 0 saturated heterocycles. The maximum Gasteiger partial charge on any atom is 0.113 e. The van der Waals surface area contributed by atoms with Gasteiger partial charge in [-0.05, 0) is 48.5 Å². The molecular weight excluding hydrogens is 476 g/mol. The molecule has 200 valence electrons. The highest BCUT2D eigenvalue weighted by Gasteiger charge is 2.03. The SMILES string of the molecule is CC.CC.CO.CO.c1ccc(-n2nc3ccccc3n2)cc1.c1ccc(-n2nc3ccccc3n2)cc1. The van der Waals surface area contributed by atoms with Crippen LogP contribution in [0.25, 0.3) is 33.4 Å². The quantitative estimate of drug-likeness (QED) is 0.289. The Morgan fingerprint density at radius 3 is 0.816 bits per heavy atom. The van der Waals surface area contributed by atoms with Crippen molar-refractivity contribution in [1.82, 2.24) is 30.0 Å². The summed E-state index contributed by atoms with van der Waals surface area (Å²) in [4.78, 5) is 3.31. The van der Waals surface area contributed by atoms with Crippen molar-refractivity contribution in [3.8, 4) is 11.4 Å². The van der Waals surface area contributed by atoms with Crippen LogP contribution < -0.4 is 0 Å². The second-order valence-corrected chi connectivity index (χ2v) is 6.63. The molecule has 0 aliphatic carbocycles. The van der Waals surface area contributed by atoms with Crippen LogP contribution in [-0.4, -0.2) is 54.4 Å². The summed E-state index contributed by atoms with van der Waals surface area (Å²) >= 11 is 0. The zero-order valence-electron chi connectivity index (χ0n) is 23.0. The Labute approximate surface area is 224 Å². The van der Waals surface area contributed by atoms with Gasteiger partial charge in [0.25, 0.3) is 0 Å². The van der Waals surface area contributed by atoms with E-state index in [4.69, 9.17) is 10.2 Å². The van der Waals surface area contributed by atoms with E-state index in [9.17, 15) is 0 Å². The van der Waals surface area contributed by atoms with E-state index in [0.29, 0.717) is 0 Å². The van der Waals surface area contributed by atoms with E-state index in [1.807, 2.05) is 137 Å². The minimum atomic E-state index is 0.918. The second-order valence-electron chi connectivity index (χ2n) is 6.63. The molecule has 0 fully saturated rings. The Bertz CT molecular complexity index is 1220. The van der Waals surface area contributed by atoms with Gasteiger partial charge in [0, 0.05) is 14.2 Å². The highest BCUT2D eigenvalue weighted by atomic mass is 16.2. The molecule has 0 aliphatic heterocycles. The van der Waals surface area contributed by atoms with Gasteiger partial charge in [0.2, 0.25) is 0 Å². The van der Waals surface area contributed by atoms with Crippen LogP contribution in [0.1, 0.15) is 27.7 Å².